The Labute approximate surface area is 84.0 Å². The molecule has 0 aliphatic rings. The molecule has 0 aromatic heterocycles. The van der Waals surface area contributed by atoms with Gasteiger partial charge in [0.05, 0.1) is 0 Å². The van der Waals surface area contributed by atoms with Crippen LogP contribution in [0.5, 0.6) is 0 Å². The lowest BCUT2D eigenvalue weighted by molar-refractivity contribution is 1.39. The van der Waals surface area contributed by atoms with Crippen molar-refractivity contribution in [1.82, 2.24) is 0 Å². The third-order valence-corrected chi connectivity index (χ3v) is 0.926. The van der Waals surface area contributed by atoms with E-state index in [-0.39, 0.29) is 0 Å². The molecule has 0 aliphatic heterocycles. The summed E-state index contributed by atoms with van der Waals surface area (Å²) in [6.07, 6.45) is 9.53. The number of hydrogen-bond donors (Lipinski definition) is 1. The van der Waals surface area contributed by atoms with E-state index in [0.717, 1.165) is 5.70 Å². The minimum Gasteiger partial charge on any atom is -0.399 e. The largest absolute Gasteiger partial charge is 0.399 e. The minimum absolute atomic E-state index is 0.799. The Morgan fingerprint density at radius 2 is 1.38 bits per heavy atom. The second kappa shape index (κ2) is 22.5. The van der Waals surface area contributed by atoms with E-state index in [1.807, 2.05) is 71.9 Å². The van der Waals surface area contributed by atoms with Gasteiger partial charge < -0.3 is 5.73 Å². The summed E-state index contributed by atoms with van der Waals surface area (Å²) in [5, 5.41) is 0. The molecule has 0 saturated carbocycles. The van der Waals surface area contributed by atoms with Crippen LogP contribution in [0.2, 0.25) is 0 Å². The Bertz CT molecular complexity index is 141. The fraction of sp³-hybridized carbons (Fsp3) is 0.500. The van der Waals surface area contributed by atoms with Crippen molar-refractivity contribution in [2.24, 2.45) is 5.73 Å². The molecule has 0 rings (SSSR count). The normalized spacial score (nSPS) is 10.5. The van der Waals surface area contributed by atoms with Crippen molar-refractivity contribution >= 4 is 0 Å². The number of nitrogens with two attached hydrogens (primary N) is 1. The minimum atomic E-state index is 0.799. The van der Waals surface area contributed by atoms with Crippen LogP contribution in [0.25, 0.3) is 0 Å². The average Bonchev–Trinajstić information content (AvgIpc) is 2.24. The molecular weight excluding hydrogens is 158 g/mol. The number of allylic oxidation sites excluding steroid dienone is 5. The lowest BCUT2D eigenvalue weighted by atomic mass is 10.3. The van der Waals surface area contributed by atoms with Crippen molar-refractivity contribution in [1.29, 1.82) is 0 Å². The molecule has 0 bridgehead atoms. The Morgan fingerprint density at radius 1 is 0.923 bits per heavy atom. The molecule has 2 N–H and O–H groups in total. The number of rotatable bonds is 2. The first-order valence-corrected chi connectivity index (χ1v) is 5.02. The van der Waals surface area contributed by atoms with Crippen LogP contribution < -0.4 is 5.73 Å². The van der Waals surface area contributed by atoms with E-state index in [0.29, 0.717) is 0 Å². The van der Waals surface area contributed by atoms with Crippen molar-refractivity contribution in [2.75, 3.05) is 0 Å². The molecule has 0 unspecified atom stereocenters. The smallest absolute Gasteiger partial charge is 0.0270 e. The van der Waals surface area contributed by atoms with Crippen LogP contribution in [0.3, 0.4) is 0 Å². The van der Waals surface area contributed by atoms with E-state index in [2.05, 4.69) is 0 Å². The highest BCUT2D eigenvalue weighted by Crippen LogP contribution is 1.85. The summed E-state index contributed by atoms with van der Waals surface area (Å²) in [5.74, 6) is 0. The maximum atomic E-state index is 5.45. The van der Waals surface area contributed by atoms with E-state index in [1.54, 1.807) is 0 Å². The van der Waals surface area contributed by atoms with Crippen LogP contribution in [-0.2, 0) is 0 Å². The molecule has 0 aliphatic carbocycles. The zero-order chi connectivity index (χ0) is 11.1. The highest BCUT2D eigenvalue weighted by atomic mass is 14.5. The third-order valence-electron chi connectivity index (χ3n) is 0.926. The molecule has 0 heterocycles. The van der Waals surface area contributed by atoms with Gasteiger partial charge in [0, 0.05) is 5.70 Å². The zero-order valence-corrected chi connectivity index (χ0v) is 9.96. The SMILES string of the molecule is CC.CC.C\C=C/C=C\C(N)=C/C. The van der Waals surface area contributed by atoms with Gasteiger partial charge in [-0.25, -0.2) is 0 Å². The first kappa shape index (κ1) is 17.9. The van der Waals surface area contributed by atoms with Gasteiger partial charge in [0.2, 0.25) is 0 Å². The van der Waals surface area contributed by atoms with Crippen LogP contribution in [0.1, 0.15) is 41.5 Å². The number of hydrogen-bond acceptors (Lipinski definition) is 1. The fourth-order valence-electron chi connectivity index (χ4n) is 0.374. The summed E-state index contributed by atoms with van der Waals surface area (Å²) >= 11 is 0. The van der Waals surface area contributed by atoms with Crippen molar-refractivity contribution in [3.05, 3.63) is 36.1 Å². The molecule has 0 aromatic rings. The summed E-state index contributed by atoms with van der Waals surface area (Å²) in [7, 11) is 0. The standard InChI is InChI=1S/C8H13N.2C2H6/c1-3-5-6-7-8(9)4-2;2*1-2/h3-7H,9H2,1-2H3;2*1-2H3/b5-3-,7-6-,8-4+;;. The summed E-state index contributed by atoms with van der Waals surface area (Å²) in [4.78, 5) is 0. The molecule has 0 aromatic carbocycles. The molecule has 0 fully saturated rings. The van der Waals surface area contributed by atoms with Gasteiger partial charge in [-0.3, -0.25) is 0 Å². The second-order valence-electron chi connectivity index (χ2n) is 1.67. The van der Waals surface area contributed by atoms with E-state index < -0.39 is 0 Å². The lowest BCUT2D eigenvalue weighted by Gasteiger charge is -1.84. The summed E-state index contributed by atoms with van der Waals surface area (Å²) in [6.45, 7) is 11.9. The van der Waals surface area contributed by atoms with E-state index in [1.165, 1.54) is 0 Å². The Balaban J connectivity index is -0.000000218. The van der Waals surface area contributed by atoms with Gasteiger partial charge in [0.1, 0.15) is 0 Å². The van der Waals surface area contributed by atoms with Crippen molar-refractivity contribution < 1.29 is 0 Å². The Kier molecular flexibility index (Phi) is 31.0. The first-order valence-electron chi connectivity index (χ1n) is 5.02. The van der Waals surface area contributed by atoms with Crippen LogP contribution >= 0.6 is 0 Å². The van der Waals surface area contributed by atoms with E-state index in [4.69, 9.17) is 5.73 Å². The van der Waals surface area contributed by atoms with Crippen LogP contribution in [0.4, 0.5) is 0 Å². The zero-order valence-electron chi connectivity index (χ0n) is 9.96. The molecule has 0 radical (unpaired) electrons. The van der Waals surface area contributed by atoms with Crippen molar-refractivity contribution in [3.8, 4) is 0 Å². The molecule has 0 amide bonds. The summed E-state index contributed by atoms with van der Waals surface area (Å²) < 4.78 is 0. The van der Waals surface area contributed by atoms with E-state index in [9.17, 15) is 0 Å². The second-order valence-corrected chi connectivity index (χ2v) is 1.67. The van der Waals surface area contributed by atoms with Crippen molar-refractivity contribution in [2.45, 2.75) is 41.5 Å². The van der Waals surface area contributed by atoms with E-state index >= 15 is 0 Å². The third kappa shape index (κ3) is 24.7. The predicted molar refractivity (Wildman–Crippen MR) is 64.6 cm³/mol. The monoisotopic (exact) mass is 183 g/mol. The van der Waals surface area contributed by atoms with Gasteiger partial charge in [-0.15, -0.1) is 0 Å². The molecule has 78 valence electrons. The quantitative estimate of drug-likeness (QED) is 0.643. The molecule has 1 nitrogen and oxygen atoms in total. The van der Waals surface area contributed by atoms with Gasteiger partial charge in [-0.1, -0.05) is 52.0 Å². The molecule has 13 heavy (non-hydrogen) atoms. The Morgan fingerprint density at radius 3 is 1.69 bits per heavy atom. The Hall–Kier alpha value is -0.980. The van der Waals surface area contributed by atoms with Gasteiger partial charge in [0.15, 0.2) is 0 Å². The topological polar surface area (TPSA) is 26.0 Å². The van der Waals surface area contributed by atoms with Crippen LogP contribution in [0, 0.1) is 0 Å². The first-order chi connectivity index (χ1) is 6.31. The molecule has 1 heteroatoms. The van der Waals surface area contributed by atoms with Gasteiger partial charge >= 0.3 is 0 Å². The van der Waals surface area contributed by atoms with Crippen LogP contribution in [0.15, 0.2) is 36.1 Å². The summed E-state index contributed by atoms with van der Waals surface area (Å²) in [5.41, 5.74) is 6.25. The maximum absolute atomic E-state index is 5.45. The average molecular weight is 183 g/mol. The maximum Gasteiger partial charge on any atom is 0.0270 e. The van der Waals surface area contributed by atoms with Gasteiger partial charge in [-0.05, 0) is 19.9 Å². The molecule has 0 spiro atoms. The lowest BCUT2D eigenvalue weighted by Crippen LogP contribution is -1.89. The van der Waals surface area contributed by atoms with Crippen LogP contribution in [-0.4, -0.2) is 0 Å². The predicted octanol–water partition coefficient (Wildman–Crippen LogP) is 4.03. The highest BCUT2D eigenvalue weighted by molar-refractivity contribution is 5.17. The van der Waals surface area contributed by atoms with Gasteiger partial charge in [0.25, 0.3) is 0 Å². The summed E-state index contributed by atoms with van der Waals surface area (Å²) in [6, 6.07) is 0. The van der Waals surface area contributed by atoms with Gasteiger partial charge in [-0.2, -0.15) is 0 Å². The fourth-order valence-corrected chi connectivity index (χ4v) is 0.374. The molecule has 0 atom stereocenters. The highest BCUT2D eigenvalue weighted by Gasteiger charge is 1.71. The molecule has 0 saturated heterocycles. The van der Waals surface area contributed by atoms with Crippen molar-refractivity contribution in [3.63, 3.8) is 0 Å². The molecular formula is C12H25N.